The van der Waals surface area contributed by atoms with Gasteiger partial charge in [0.1, 0.15) is 0 Å². The fourth-order valence-electron chi connectivity index (χ4n) is 3.87. The molecule has 0 aliphatic heterocycles. The van der Waals surface area contributed by atoms with Gasteiger partial charge in [-0.1, -0.05) is 44.0 Å². The highest BCUT2D eigenvalue weighted by Crippen LogP contribution is 2.39. The molecule has 2 unspecified atom stereocenters. The van der Waals surface area contributed by atoms with Crippen molar-refractivity contribution in [2.24, 2.45) is 17.1 Å². The second-order valence-corrected chi connectivity index (χ2v) is 7.00. The third-order valence-electron chi connectivity index (χ3n) is 4.93. The highest BCUT2D eigenvalue weighted by atomic mass is 15.1. The fraction of sp³-hybridized carbons (Fsp3) is 0.667. The Balaban J connectivity index is 1.99. The van der Waals surface area contributed by atoms with E-state index in [0.717, 1.165) is 25.6 Å². The Kier molecular flexibility index (Phi) is 5.22. The van der Waals surface area contributed by atoms with Gasteiger partial charge < -0.3 is 10.6 Å². The van der Waals surface area contributed by atoms with Crippen LogP contribution in [0.2, 0.25) is 0 Å². The van der Waals surface area contributed by atoms with Crippen LogP contribution in [0.3, 0.4) is 0 Å². The number of nitrogens with two attached hydrogens (primary N) is 1. The minimum absolute atomic E-state index is 0.342. The molecule has 1 aromatic rings. The summed E-state index contributed by atoms with van der Waals surface area (Å²) in [4.78, 5) is 2.47. The van der Waals surface area contributed by atoms with Crippen LogP contribution in [0.1, 0.15) is 43.7 Å². The van der Waals surface area contributed by atoms with Gasteiger partial charge in [0.2, 0.25) is 0 Å². The number of benzene rings is 1. The van der Waals surface area contributed by atoms with E-state index >= 15 is 0 Å². The second-order valence-electron chi connectivity index (χ2n) is 7.00. The molecule has 0 bridgehead atoms. The lowest BCUT2D eigenvalue weighted by atomic mass is 9.70. The van der Waals surface area contributed by atoms with Gasteiger partial charge in [0.05, 0.1) is 0 Å². The first-order valence-corrected chi connectivity index (χ1v) is 7.98. The Bertz CT molecular complexity index is 429. The molecule has 0 radical (unpaired) electrons. The molecule has 0 saturated heterocycles. The third-order valence-corrected chi connectivity index (χ3v) is 4.93. The zero-order valence-electron chi connectivity index (χ0n) is 13.4. The lowest BCUT2D eigenvalue weighted by molar-refractivity contribution is 0.0980. The predicted molar refractivity (Wildman–Crippen MR) is 86.6 cm³/mol. The minimum atomic E-state index is 0.342. The molecule has 2 heteroatoms. The van der Waals surface area contributed by atoms with Crippen LogP contribution in [-0.2, 0) is 6.54 Å². The monoisotopic (exact) mass is 274 g/mol. The van der Waals surface area contributed by atoms with Crippen molar-refractivity contribution in [1.29, 1.82) is 0 Å². The highest BCUT2D eigenvalue weighted by Gasteiger charge is 2.34. The third kappa shape index (κ3) is 3.83. The summed E-state index contributed by atoms with van der Waals surface area (Å²) in [6.07, 6.45) is 5.31. The molecule has 112 valence electrons. The Morgan fingerprint density at radius 1 is 1.35 bits per heavy atom. The summed E-state index contributed by atoms with van der Waals surface area (Å²) < 4.78 is 0. The summed E-state index contributed by atoms with van der Waals surface area (Å²) in [5, 5.41) is 0. The first kappa shape index (κ1) is 15.5. The summed E-state index contributed by atoms with van der Waals surface area (Å²) in [6.45, 7) is 7.57. The SMILES string of the molecule is Cc1ccccc1CN(C)CC1(CN)CCCC(C)C1. The maximum absolute atomic E-state index is 6.15. The van der Waals surface area contributed by atoms with Crippen molar-refractivity contribution in [2.45, 2.75) is 46.1 Å². The molecule has 1 fully saturated rings. The molecule has 1 aliphatic rings. The predicted octanol–water partition coefficient (Wildman–Crippen LogP) is 3.58. The van der Waals surface area contributed by atoms with Crippen LogP contribution in [0.15, 0.2) is 24.3 Å². The molecule has 1 aromatic carbocycles. The van der Waals surface area contributed by atoms with Crippen molar-refractivity contribution < 1.29 is 0 Å². The molecule has 1 aliphatic carbocycles. The lowest BCUT2D eigenvalue weighted by Gasteiger charge is -2.42. The molecule has 0 spiro atoms. The number of nitrogens with zero attached hydrogens (tertiary/aromatic N) is 1. The maximum Gasteiger partial charge on any atom is 0.0233 e. The molecule has 2 N–H and O–H groups in total. The van der Waals surface area contributed by atoms with Gasteiger partial charge in [-0.15, -0.1) is 0 Å². The standard InChI is InChI=1S/C18H30N2/c1-15-7-6-10-18(11-15,13-19)14-20(3)12-17-9-5-4-8-16(17)2/h4-5,8-9,15H,6-7,10-14,19H2,1-3H3. The van der Waals surface area contributed by atoms with E-state index < -0.39 is 0 Å². The topological polar surface area (TPSA) is 29.3 Å². The second kappa shape index (κ2) is 6.73. The molecule has 20 heavy (non-hydrogen) atoms. The molecule has 2 nitrogen and oxygen atoms in total. The number of aryl methyl sites for hydroxylation is 1. The molecule has 1 saturated carbocycles. The van der Waals surface area contributed by atoms with E-state index in [4.69, 9.17) is 5.73 Å². The summed E-state index contributed by atoms with van der Waals surface area (Å²) in [5.74, 6) is 0.833. The smallest absolute Gasteiger partial charge is 0.0233 e. The van der Waals surface area contributed by atoms with Gasteiger partial charge in [-0.05, 0) is 55.8 Å². The van der Waals surface area contributed by atoms with Crippen molar-refractivity contribution in [3.8, 4) is 0 Å². The lowest BCUT2D eigenvalue weighted by Crippen LogP contribution is -2.44. The molecular weight excluding hydrogens is 244 g/mol. The molecule has 0 heterocycles. The Labute approximate surface area is 124 Å². The van der Waals surface area contributed by atoms with Crippen LogP contribution < -0.4 is 5.73 Å². The first-order valence-electron chi connectivity index (χ1n) is 7.98. The van der Waals surface area contributed by atoms with Crippen molar-refractivity contribution in [3.63, 3.8) is 0 Å². The van der Waals surface area contributed by atoms with E-state index in [1.165, 1.54) is 36.8 Å². The molecular formula is C18H30N2. The zero-order chi connectivity index (χ0) is 14.6. The van der Waals surface area contributed by atoms with Crippen LogP contribution in [0, 0.1) is 18.3 Å². The zero-order valence-corrected chi connectivity index (χ0v) is 13.4. The van der Waals surface area contributed by atoms with Gasteiger partial charge >= 0.3 is 0 Å². The van der Waals surface area contributed by atoms with Crippen LogP contribution in [0.4, 0.5) is 0 Å². The van der Waals surface area contributed by atoms with Crippen molar-refractivity contribution in [2.75, 3.05) is 20.1 Å². The average molecular weight is 274 g/mol. The van der Waals surface area contributed by atoms with Crippen LogP contribution in [-0.4, -0.2) is 25.0 Å². The summed E-state index contributed by atoms with van der Waals surface area (Å²) >= 11 is 0. The van der Waals surface area contributed by atoms with Gasteiger partial charge in [-0.25, -0.2) is 0 Å². The summed E-state index contributed by atoms with van der Waals surface area (Å²) in [6, 6.07) is 8.69. The van der Waals surface area contributed by atoms with E-state index in [-0.39, 0.29) is 0 Å². The van der Waals surface area contributed by atoms with Gasteiger partial charge in [0, 0.05) is 13.1 Å². The Hall–Kier alpha value is -0.860. The molecule has 0 amide bonds. The van der Waals surface area contributed by atoms with E-state index in [2.05, 4.69) is 50.1 Å². The Morgan fingerprint density at radius 2 is 2.10 bits per heavy atom. The summed E-state index contributed by atoms with van der Waals surface area (Å²) in [7, 11) is 2.24. The Morgan fingerprint density at radius 3 is 2.75 bits per heavy atom. The van der Waals surface area contributed by atoms with Crippen molar-refractivity contribution in [3.05, 3.63) is 35.4 Å². The molecule has 2 rings (SSSR count). The first-order chi connectivity index (χ1) is 9.54. The average Bonchev–Trinajstić information content (AvgIpc) is 2.41. The van der Waals surface area contributed by atoms with Gasteiger partial charge in [0.25, 0.3) is 0 Å². The van der Waals surface area contributed by atoms with E-state index in [1.54, 1.807) is 0 Å². The molecule has 0 aromatic heterocycles. The van der Waals surface area contributed by atoms with Crippen LogP contribution >= 0.6 is 0 Å². The number of hydrogen-bond acceptors (Lipinski definition) is 2. The number of hydrogen-bond donors (Lipinski definition) is 1. The van der Waals surface area contributed by atoms with E-state index in [0.29, 0.717) is 5.41 Å². The molecule has 2 atom stereocenters. The largest absolute Gasteiger partial charge is 0.330 e. The maximum atomic E-state index is 6.15. The summed E-state index contributed by atoms with van der Waals surface area (Å²) in [5.41, 5.74) is 9.31. The van der Waals surface area contributed by atoms with Gasteiger partial charge in [0.15, 0.2) is 0 Å². The quantitative estimate of drug-likeness (QED) is 0.889. The van der Waals surface area contributed by atoms with Crippen molar-refractivity contribution >= 4 is 0 Å². The van der Waals surface area contributed by atoms with Crippen LogP contribution in [0.25, 0.3) is 0 Å². The van der Waals surface area contributed by atoms with Crippen molar-refractivity contribution in [1.82, 2.24) is 4.90 Å². The normalized spacial score (nSPS) is 26.9. The van der Waals surface area contributed by atoms with Crippen LogP contribution in [0.5, 0.6) is 0 Å². The van der Waals surface area contributed by atoms with Gasteiger partial charge in [-0.3, -0.25) is 0 Å². The highest BCUT2D eigenvalue weighted by molar-refractivity contribution is 5.25. The van der Waals surface area contributed by atoms with E-state index in [1.807, 2.05) is 0 Å². The fourth-order valence-corrected chi connectivity index (χ4v) is 3.87. The van der Waals surface area contributed by atoms with E-state index in [9.17, 15) is 0 Å². The number of rotatable bonds is 5. The van der Waals surface area contributed by atoms with Gasteiger partial charge in [-0.2, -0.15) is 0 Å². The minimum Gasteiger partial charge on any atom is -0.330 e.